The van der Waals surface area contributed by atoms with Crippen LogP contribution in [0, 0.1) is 11.8 Å². The largest absolute Gasteiger partial charge is 0.355 e. The SMILES string of the molecule is CC1=CC=CC([C@H]2CC(=O)NC[C@@H](c3cccc(Cl)c3)[C@]23C(=O)Nc2cc(Cl)ccc23)C1. The summed E-state index contributed by atoms with van der Waals surface area (Å²) in [5.74, 6) is -0.564. The van der Waals surface area contributed by atoms with Gasteiger partial charge in [-0.1, -0.05) is 65.2 Å². The van der Waals surface area contributed by atoms with Crippen LogP contribution >= 0.6 is 23.2 Å². The third kappa shape index (κ3) is 3.37. The Morgan fingerprint density at radius 3 is 2.62 bits per heavy atom. The van der Waals surface area contributed by atoms with Crippen molar-refractivity contribution in [2.75, 3.05) is 11.9 Å². The second-order valence-corrected chi connectivity index (χ2v) is 9.87. The Kier molecular flexibility index (Phi) is 5.39. The lowest BCUT2D eigenvalue weighted by atomic mass is 9.56. The first-order valence-corrected chi connectivity index (χ1v) is 11.6. The predicted molar refractivity (Wildman–Crippen MR) is 128 cm³/mol. The number of nitrogens with one attached hydrogen (secondary N) is 2. The molecule has 0 aromatic heterocycles. The Morgan fingerprint density at radius 2 is 1.84 bits per heavy atom. The average Bonchev–Trinajstić information content (AvgIpc) is 2.93. The molecule has 2 heterocycles. The normalized spacial score (nSPS) is 29.2. The molecule has 1 aliphatic carbocycles. The molecular weight excluding hydrogens is 443 g/mol. The van der Waals surface area contributed by atoms with Gasteiger partial charge in [-0.15, -0.1) is 0 Å². The highest BCUT2D eigenvalue weighted by atomic mass is 35.5. The lowest BCUT2D eigenvalue weighted by Crippen LogP contribution is -2.50. The Morgan fingerprint density at radius 1 is 1.03 bits per heavy atom. The molecule has 1 unspecified atom stereocenters. The van der Waals surface area contributed by atoms with Crippen LogP contribution < -0.4 is 10.6 Å². The van der Waals surface area contributed by atoms with Crippen LogP contribution in [0.25, 0.3) is 0 Å². The highest BCUT2D eigenvalue weighted by Crippen LogP contribution is 2.57. The van der Waals surface area contributed by atoms with Crippen LogP contribution in [-0.4, -0.2) is 18.4 Å². The van der Waals surface area contributed by atoms with Gasteiger partial charge in [0.15, 0.2) is 0 Å². The number of rotatable bonds is 2. The van der Waals surface area contributed by atoms with Crippen LogP contribution in [0.4, 0.5) is 5.69 Å². The maximum atomic E-state index is 14.0. The van der Waals surface area contributed by atoms with E-state index >= 15 is 0 Å². The second kappa shape index (κ2) is 8.09. The highest BCUT2D eigenvalue weighted by Gasteiger charge is 2.60. The van der Waals surface area contributed by atoms with Crippen molar-refractivity contribution >= 4 is 40.7 Å². The van der Waals surface area contributed by atoms with Crippen molar-refractivity contribution in [3.8, 4) is 0 Å². The quantitative estimate of drug-likeness (QED) is 0.602. The Bertz CT molecular complexity index is 1170. The minimum Gasteiger partial charge on any atom is -0.355 e. The smallest absolute Gasteiger partial charge is 0.236 e. The summed E-state index contributed by atoms with van der Waals surface area (Å²) in [4.78, 5) is 27.0. The van der Waals surface area contributed by atoms with Crippen LogP contribution in [-0.2, 0) is 15.0 Å². The minimum atomic E-state index is -0.934. The van der Waals surface area contributed by atoms with Crippen molar-refractivity contribution in [3.05, 3.63) is 87.4 Å². The van der Waals surface area contributed by atoms with Crippen molar-refractivity contribution in [1.29, 1.82) is 0 Å². The van der Waals surface area contributed by atoms with Gasteiger partial charge in [0.25, 0.3) is 0 Å². The topological polar surface area (TPSA) is 58.2 Å². The molecule has 0 bridgehead atoms. The molecule has 2 N–H and O–H groups in total. The zero-order chi connectivity index (χ0) is 22.5. The van der Waals surface area contributed by atoms with E-state index in [2.05, 4.69) is 29.7 Å². The summed E-state index contributed by atoms with van der Waals surface area (Å²) in [5, 5.41) is 7.35. The van der Waals surface area contributed by atoms with Crippen molar-refractivity contribution < 1.29 is 9.59 Å². The number of halogens is 2. The molecule has 0 saturated carbocycles. The van der Waals surface area contributed by atoms with Gasteiger partial charge in [-0.25, -0.2) is 0 Å². The summed E-state index contributed by atoms with van der Waals surface area (Å²) in [6.45, 7) is 2.45. The third-order valence-electron chi connectivity index (χ3n) is 7.16. The molecule has 5 rings (SSSR count). The van der Waals surface area contributed by atoms with Crippen LogP contribution in [0.3, 0.4) is 0 Å². The summed E-state index contributed by atoms with van der Waals surface area (Å²) in [6, 6.07) is 13.2. The van der Waals surface area contributed by atoms with Gasteiger partial charge in [-0.05, 0) is 60.6 Å². The number of hydrogen-bond acceptors (Lipinski definition) is 2. The molecule has 6 heteroatoms. The predicted octanol–water partition coefficient (Wildman–Crippen LogP) is 5.63. The van der Waals surface area contributed by atoms with Crippen molar-refractivity contribution in [1.82, 2.24) is 5.32 Å². The molecule has 32 heavy (non-hydrogen) atoms. The van der Waals surface area contributed by atoms with E-state index in [1.54, 1.807) is 6.07 Å². The van der Waals surface area contributed by atoms with Crippen LogP contribution in [0.2, 0.25) is 10.0 Å². The lowest BCUT2D eigenvalue weighted by Gasteiger charge is -2.43. The molecule has 0 radical (unpaired) electrons. The first-order valence-electron chi connectivity index (χ1n) is 10.9. The number of carbonyl (C=O) groups is 2. The zero-order valence-corrected chi connectivity index (χ0v) is 19.2. The molecule has 1 fully saturated rings. The fraction of sp³-hybridized carbons (Fsp3) is 0.308. The number of carbonyl (C=O) groups excluding carboxylic acids is 2. The Labute approximate surface area is 197 Å². The van der Waals surface area contributed by atoms with E-state index in [1.807, 2.05) is 42.5 Å². The van der Waals surface area contributed by atoms with Crippen LogP contribution in [0.1, 0.15) is 36.8 Å². The maximum absolute atomic E-state index is 14.0. The van der Waals surface area contributed by atoms with Crippen LogP contribution in [0.5, 0.6) is 0 Å². The lowest BCUT2D eigenvalue weighted by molar-refractivity contribution is -0.125. The number of fused-ring (bicyclic) bond motifs is 2. The molecule has 2 amide bonds. The van der Waals surface area contributed by atoms with Gasteiger partial charge < -0.3 is 10.6 Å². The first-order chi connectivity index (χ1) is 15.4. The van der Waals surface area contributed by atoms with E-state index in [4.69, 9.17) is 23.2 Å². The Balaban J connectivity index is 1.77. The first kappa shape index (κ1) is 21.3. The molecule has 4 nitrogen and oxygen atoms in total. The summed E-state index contributed by atoms with van der Waals surface area (Å²) >= 11 is 12.6. The van der Waals surface area contributed by atoms with Crippen LogP contribution in [0.15, 0.2) is 66.3 Å². The number of hydrogen-bond donors (Lipinski definition) is 2. The average molecular weight is 467 g/mol. The van der Waals surface area contributed by atoms with Gasteiger partial charge in [-0.2, -0.15) is 0 Å². The van der Waals surface area contributed by atoms with Crippen molar-refractivity contribution in [3.63, 3.8) is 0 Å². The number of amides is 2. The molecule has 1 spiro atoms. The number of anilines is 1. The molecule has 2 aromatic rings. The standard InChI is InChI=1S/C26H24Cl2N2O2/c1-15-4-2-5-16(10-15)21-13-24(31)29-14-22(17-6-3-7-18(27)11-17)26(21)20-9-8-19(28)12-23(20)30-25(26)32/h2-9,11-12,16,21-22H,10,13-14H2,1H3,(H,29,31)(H,30,32)/t16?,21-,22+,26-/m1/s1. The maximum Gasteiger partial charge on any atom is 0.236 e. The zero-order valence-electron chi connectivity index (χ0n) is 17.7. The van der Waals surface area contributed by atoms with E-state index in [9.17, 15) is 9.59 Å². The van der Waals surface area contributed by atoms with Gasteiger partial charge in [0.2, 0.25) is 11.8 Å². The summed E-state index contributed by atoms with van der Waals surface area (Å²) in [7, 11) is 0. The highest BCUT2D eigenvalue weighted by molar-refractivity contribution is 6.31. The summed E-state index contributed by atoms with van der Waals surface area (Å²) in [5.41, 5.74) is 2.87. The number of benzene rings is 2. The molecule has 164 valence electrons. The molecule has 2 aliphatic heterocycles. The second-order valence-electron chi connectivity index (χ2n) is 9.00. The fourth-order valence-electron chi connectivity index (χ4n) is 5.85. The Hall–Kier alpha value is -2.56. The van der Waals surface area contributed by atoms with Gasteiger partial charge in [0.05, 0.1) is 5.41 Å². The number of allylic oxidation sites excluding steroid dienone is 4. The van der Waals surface area contributed by atoms with Gasteiger partial charge >= 0.3 is 0 Å². The van der Waals surface area contributed by atoms with E-state index in [-0.39, 0.29) is 36.0 Å². The van der Waals surface area contributed by atoms with E-state index in [0.717, 1.165) is 23.2 Å². The fourth-order valence-corrected chi connectivity index (χ4v) is 6.22. The monoisotopic (exact) mass is 466 g/mol. The van der Waals surface area contributed by atoms with Crippen molar-refractivity contribution in [2.45, 2.75) is 31.1 Å². The van der Waals surface area contributed by atoms with E-state index in [0.29, 0.717) is 16.6 Å². The van der Waals surface area contributed by atoms with Gasteiger partial charge in [-0.3, -0.25) is 9.59 Å². The van der Waals surface area contributed by atoms with Crippen molar-refractivity contribution in [2.24, 2.45) is 11.8 Å². The van der Waals surface area contributed by atoms with Gasteiger partial charge in [0.1, 0.15) is 0 Å². The molecule has 3 aliphatic rings. The molecule has 4 atom stereocenters. The molecule has 2 aromatic carbocycles. The third-order valence-corrected chi connectivity index (χ3v) is 7.63. The summed E-state index contributed by atoms with van der Waals surface area (Å²) in [6.07, 6.45) is 7.37. The van der Waals surface area contributed by atoms with E-state index in [1.165, 1.54) is 5.57 Å². The van der Waals surface area contributed by atoms with E-state index < -0.39 is 5.41 Å². The molecular formula is C26H24Cl2N2O2. The minimum absolute atomic E-state index is 0.0327. The molecule has 1 saturated heterocycles. The van der Waals surface area contributed by atoms with Gasteiger partial charge in [0, 0.05) is 34.6 Å². The summed E-state index contributed by atoms with van der Waals surface area (Å²) < 4.78 is 0.